The predicted octanol–water partition coefficient (Wildman–Crippen LogP) is 3.69. The molecule has 2 aromatic rings. The molecule has 2 nitrogen and oxygen atoms in total. The summed E-state index contributed by atoms with van der Waals surface area (Å²) < 4.78 is 0. The van der Waals surface area contributed by atoms with Gasteiger partial charge in [-0.15, -0.1) is 0 Å². The van der Waals surface area contributed by atoms with Crippen LogP contribution in [0, 0.1) is 5.92 Å². The van der Waals surface area contributed by atoms with Crippen molar-refractivity contribution in [2.45, 2.75) is 19.4 Å². The molecule has 0 unspecified atom stereocenters. The summed E-state index contributed by atoms with van der Waals surface area (Å²) in [5, 5.41) is 3.46. The second-order valence-electron chi connectivity index (χ2n) is 5.09. The Kier molecular flexibility index (Phi) is 6.00. The van der Waals surface area contributed by atoms with Gasteiger partial charge < -0.3 is 5.32 Å². The number of hydrogen-bond donors (Lipinski definition) is 1. The Labute approximate surface area is 120 Å². The lowest BCUT2D eigenvalue weighted by atomic mass is 10.2. The number of aldehydes is 1. The zero-order valence-corrected chi connectivity index (χ0v) is 11.7. The quantitative estimate of drug-likeness (QED) is 0.837. The Morgan fingerprint density at radius 2 is 1.55 bits per heavy atom. The van der Waals surface area contributed by atoms with E-state index in [1.54, 1.807) is 12.1 Å². The molecule has 1 saturated carbocycles. The van der Waals surface area contributed by atoms with Crippen molar-refractivity contribution in [1.29, 1.82) is 0 Å². The Hall–Kier alpha value is -1.93. The largest absolute Gasteiger partial charge is 0.312 e. The van der Waals surface area contributed by atoms with Crippen molar-refractivity contribution in [2.24, 2.45) is 5.92 Å². The Morgan fingerprint density at radius 3 is 2.05 bits per heavy atom. The van der Waals surface area contributed by atoms with E-state index < -0.39 is 0 Å². The van der Waals surface area contributed by atoms with Gasteiger partial charge in [-0.05, 0) is 30.9 Å². The molecular formula is C18H21NO. The van der Waals surface area contributed by atoms with Gasteiger partial charge in [-0.2, -0.15) is 0 Å². The highest BCUT2D eigenvalue weighted by Gasteiger charge is 2.19. The van der Waals surface area contributed by atoms with Crippen molar-refractivity contribution in [1.82, 2.24) is 5.32 Å². The number of carbonyl (C=O) groups is 1. The van der Waals surface area contributed by atoms with Gasteiger partial charge in [-0.3, -0.25) is 4.79 Å². The molecule has 0 amide bonds. The van der Waals surface area contributed by atoms with Crippen LogP contribution in [0.15, 0.2) is 60.7 Å². The molecule has 0 aliphatic heterocycles. The molecule has 1 aliphatic rings. The van der Waals surface area contributed by atoms with E-state index >= 15 is 0 Å². The van der Waals surface area contributed by atoms with Crippen LogP contribution in [0.4, 0.5) is 0 Å². The van der Waals surface area contributed by atoms with E-state index in [4.69, 9.17) is 0 Å². The standard InChI is InChI=1S/C11H15N.C7H6O/c1-2-4-10(5-3-1)8-12-9-11-6-7-11;8-6-7-4-2-1-3-5-7/h1-5,11-12H,6-9H2;1-6H. The van der Waals surface area contributed by atoms with E-state index in [0.29, 0.717) is 0 Å². The predicted molar refractivity (Wildman–Crippen MR) is 82.7 cm³/mol. The van der Waals surface area contributed by atoms with Crippen molar-refractivity contribution in [3.63, 3.8) is 0 Å². The summed E-state index contributed by atoms with van der Waals surface area (Å²) in [7, 11) is 0. The number of nitrogens with one attached hydrogen (secondary N) is 1. The molecule has 1 fully saturated rings. The summed E-state index contributed by atoms with van der Waals surface area (Å²) >= 11 is 0. The average molecular weight is 267 g/mol. The van der Waals surface area contributed by atoms with Gasteiger partial charge in [0.2, 0.25) is 0 Å². The Balaban J connectivity index is 0.000000160. The lowest BCUT2D eigenvalue weighted by Gasteiger charge is -2.02. The fourth-order valence-corrected chi connectivity index (χ4v) is 1.87. The molecule has 0 atom stereocenters. The molecule has 2 heteroatoms. The van der Waals surface area contributed by atoms with Crippen LogP contribution in [0.5, 0.6) is 0 Å². The van der Waals surface area contributed by atoms with Gasteiger partial charge in [0.05, 0.1) is 0 Å². The summed E-state index contributed by atoms with van der Waals surface area (Å²) in [4.78, 5) is 10.0. The van der Waals surface area contributed by atoms with Gasteiger partial charge in [-0.1, -0.05) is 60.7 Å². The van der Waals surface area contributed by atoms with Crippen LogP contribution in [0.2, 0.25) is 0 Å². The average Bonchev–Trinajstić information content (AvgIpc) is 3.34. The summed E-state index contributed by atoms with van der Waals surface area (Å²) in [6.45, 7) is 2.23. The molecule has 1 aliphatic carbocycles. The zero-order chi connectivity index (χ0) is 14.0. The molecule has 2 aromatic carbocycles. The van der Waals surface area contributed by atoms with E-state index in [1.165, 1.54) is 24.9 Å². The molecule has 20 heavy (non-hydrogen) atoms. The second-order valence-corrected chi connectivity index (χ2v) is 5.09. The smallest absolute Gasteiger partial charge is 0.150 e. The third kappa shape index (κ3) is 5.81. The van der Waals surface area contributed by atoms with Crippen LogP contribution >= 0.6 is 0 Å². The second kappa shape index (κ2) is 8.28. The third-order valence-electron chi connectivity index (χ3n) is 3.24. The normalized spacial score (nSPS) is 13.2. The van der Waals surface area contributed by atoms with Gasteiger partial charge in [0, 0.05) is 12.1 Å². The molecule has 0 bridgehead atoms. The maximum Gasteiger partial charge on any atom is 0.150 e. The van der Waals surface area contributed by atoms with Gasteiger partial charge in [0.1, 0.15) is 6.29 Å². The van der Waals surface area contributed by atoms with E-state index in [9.17, 15) is 4.79 Å². The summed E-state index contributed by atoms with van der Waals surface area (Å²) in [5.74, 6) is 0.980. The molecule has 3 rings (SSSR count). The van der Waals surface area contributed by atoms with Crippen LogP contribution in [0.3, 0.4) is 0 Å². The molecule has 0 saturated heterocycles. The molecular weight excluding hydrogens is 246 g/mol. The first-order chi connectivity index (χ1) is 9.88. The highest BCUT2D eigenvalue weighted by atomic mass is 16.1. The maximum absolute atomic E-state index is 10.0. The van der Waals surface area contributed by atoms with Crippen molar-refractivity contribution < 1.29 is 4.79 Å². The van der Waals surface area contributed by atoms with Crippen LogP contribution in [0.25, 0.3) is 0 Å². The molecule has 1 N–H and O–H groups in total. The van der Waals surface area contributed by atoms with E-state index in [-0.39, 0.29) is 0 Å². The number of hydrogen-bond acceptors (Lipinski definition) is 2. The minimum Gasteiger partial charge on any atom is -0.312 e. The minimum absolute atomic E-state index is 0.729. The highest BCUT2D eigenvalue weighted by molar-refractivity contribution is 5.74. The number of rotatable bonds is 5. The van der Waals surface area contributed by atoms with Crippen molar-refractivity contribution in [3.05, 3.63) is 71.8 Å². The van der Waals surface area contributed by atoms with E-state index in [0.717, 1.165) is 24.3 Å². The summed E-state index contributed by atoms with van der Waals surface area (Å²) in [6.07, 6.45) is 3.70. The lowest BCUT2D eigenvalue weighted by Crippen LogP contribution is -2.15. The molecule has 104 valence electrons. The van der Waals surface area contributed by atoms with Crippen molar-refractivity contribution in [2.75, 3.05) is 6.54 Å². The van der Waals surface area contributed by atoms with E-state index in [1.807, 2.05) is 18.2 Å². The highest BCUT2D eigenvalue weighted by Crippen LogP contribution is 2.27. The van der Waals surface area contributed by atoms with Crippen molar-refractivity contribution in [3.8, 4) is 0 Å². The minimum atomic E-state index is 0.729. The summed E-state index contributed by atoms with van der Waals surface area (Å²) in [6, 6.07) is 19.7. The van der Waals surface area contributed by atoms with Crippen LogP contribution in [-0.2, 0) is 6.54 Å². The fraction of sp³-hybridized carbons (Fsp3) is 0.278. The lowest BCUT2D eigenvalue weighted by molar-refractivity contribution is 0.112. The fourth-order valence-electron chi connectivity index (χ4n) is 1.87. The van der Waals surface area contributed by atoms with Crippen LogP contribution in [0.1, 0.15) is 28.8 Å². The van der Waals surface area contributed by atoms with Gasteiger partial charge in [-0.25, -0.2) is 0 Å². The van der Waals surface area contributed by atoms with E-state index in [2.05, 4.69) is 35.6 Å². The number of benzene rings is 2. The maximum atomic E-state index is 10.0. The van der Waals surface area contributed by atoms with Gasteiger partial charge in [0.15, 0.2) is 0 Å². The first-order valence-electron chi connectivity index (χ1n) is 7.13. The Morgan fingerprint density at radius 1 is 0.950 bits per heavy atom. The summed E-state index contributed by atoms with van der Waals surface area (Å²) in [5.41, 5.74) is 2.12. The first-order valence-corrected chi connectivity index (χ1v) is 7.13. The number of carbonyl (C=O) groups excluding carboxylic acids is 1. The van der Waals surface area contributed by atoms with Crippen LogP contribution < -0.4 is 5.32 Å². The topological polar surface area (TPSA) is 29.1 Å². The SMILES string of the molecule is O=Cc1ccccc1.c1ccc(CNCC2CC2)cc1. The molecule has 0 heterocycles. The molecule has 0 aromatic heterocycles. The first kappa shape index (κ1) is 14.5. The van der Waals surface area contributed by atoms with Crippen LogP contribution in [-0.4, -0.2) is 12.8 Å². The monoisotopic (exact) mass is 267 g/mol. The zero-order valence-electron chi connectivity index (χ0n) is 11.7. The Bertz CT molecular complexity index is 491. The third-order valence-corrected chi connectivity index (χ3v) is 3.24. The van der Waals surface area contributed by atoms with Gasteiger partial charge >= 0.3 is 0 Å². The van der Waals surface area contributed by atoms with Gasteiger partial charge in [0.25, 0.3) is 0 Å². The van der Waals surface area contributed by atoms with Crippen molar-refractivity contribution >= 4 is 6.29 Å². The molecule has 0 radical (unpaired) electrons. The molecule has 0 spiro atoms.